The largest absolute Gasteiger partial charge is 0.370 e. The van der Waals surface area contributed by atoms with Gasteiger partial charge in [0.05, 0.1) is 19.2 Å². The van der Waals surface area contributed by atoms with Crippen molar-refractivity contribution in [2.45, 2.75) is 44.8 Å². The highest BCUT2D eigenvalue weighted by Crippen LogP contribution is 2.29. The van der Waals surface area contributed by atoms with Gasteiger partial charge in [0.1, 0.15) is 6.10 Å². The van der Waals surface area contributed by atoms with E-state index in [2.05, 4.69) is 21.2 Å². The van der Waals surface area contributed by atoms with Crippen molar-refractivity contribution in [1.29, 1.82) is 0 Å². The Balaban J connectivity index is 1.58. The van der Waals surface area contributed by atoms with Crippen molar-refractivity contribution in [3.8, 4) is 0 Å². The monoisotopic (exact) mass is 408 g/mol. The zero-order valence-corrected chi connectivity index (χ0v) is 16.1. The van der Waals surface area contributed by atoms with Crippen LogP contribution in [0.25, 0.3) is 0 Å². The maximum atomic E-state index is 12.6. The molecule has 1 aliphatic heterocycles. The predicted octanol–water partition coefficient (Wildman–Crippen LogP) is 3.04. The molecule has 0 aromatic heterocycles. The number of nitrogens with one attached hydrogen (secondary N) is 1. The lowest BCUT2D eigenvalue weighted by molar-refractivity contribution is -0.146. The lowest BCUT2D eigenvalue weighted by Crippen LogP contribution is -2.52. The van der Waals surface area contributed by atoms with E-state index < -0.39 is 0 Å². The summed E-state index contributed by atoms with van der Waals surface area (Å²) in [6, 6.07) is 7.93. The number of hydrogen-bond acceptors (Lipinski definition) is 3. The van der Waals surface area contributed by atoms with Crippen LogP contribution in [0.2, 0.25) is 0 Å². The molecule has 2 atom stereocenters. The molecule has 1 N–H and O–H groups in total. The van der Waals surface area contributed by atoms with E-state index in [0.717, 1.165) is 35.7 Å². The molecule has 1 aromatic rings. The summed E-state index contributed by atoms with van der Waals surface area (Å²) in [6.45, 7) is 3.15. The Morgan fingerprint density at radius 1 is 1.24 bits per heavy atom. The molecule has 25 heavy (non-hydrogen) atoms. The van der Waals surface area contributed by atoms with E-state index in [1.807, 2.05) is 36.1 Å². The topological polar surface area (TPSA) is 58.6 Å². The minimum atomic E-state index is -0.142. The van der Waals surface area contributed by atoms with Crippen LogP contribution in [0, 0.1) is 5.92 Å². The van der Waals surface area contributed by atoms with Crippen LogP contribution in [0.5, 0.6) is 0 Å². The smallest absolute Gasteiger partial charge is 0.242 e. The number of hydrogen-bond donors (Lipinski definition) is 1. The molecule has 2 fully saturated rings. The minimum Gasteiger partial charge on any atom is -0.370 e. The summed E-state index contributed by atoms with van der Waals surface area (Å²) in [4.78, 5) is 26.6. The maximum absolute atomic E-state index is 12.6. The Morgan fingerprint density at radius 2 is 1.92 bits per heavy atom. The average Bonchev–Trinajstić information content (AvgIpc) is 3.15. The van der Waals surface area contributed by atoms with Gasteiger partial charge in [0.15, 0.2) is 0 Å². The second-order valence-electron chi connectivity index (χ2n) is 6.87. The van der Waals surface area contributed by atoms with E-state index in [1.54, 1.807) is 0 Å². The number of carbonyl (C=O) groups is 2. The Hall–Kier alpha value is -1.40. The van der Waals surface area contributed by atoms with Crippen LogP contribution in [0.15, 0.2) is 28.7 Å². The number of morpholine rings is 1. The van der Waals surface area contributed by atoms with Gasteiger partial charge in [-0.2, -0.15) is 0 Å². The molecule has 3 rings (SSSR count). The highest BCUT2D eigenvalue weighted by molar-refractivity contribution is 9.10. The highest BCUT2D eigenvalue weighted by Gasteiger charge is 2.33. The fraction of sp³-hybridized carbons (Fsp3) is 0.579. The molecule has 1 aromatic carbocycles. The molecule has 1 saturated carbocycles. The van der Waals surface area contributed by atoms with E-state index in [1.165, 1.54) is 0 Å². The van der Waals surface area contributed by atoms with E-state index >= 15 is 0 Å². The van der Waals surface area contributed by atoms with Gasteiger partial charge >= 0.3 is 0 Å². The molecule has 0 spiro atoms. The highest BCUT2D eigenvalue weighted by atomic mass is 79.9. The summed E-state index contributed by atoms with van der Waals surface area (Å²) in [6.07, 6.45) is 3.97. The second kappa shape index (κ2) is 8.32. The summed E-state index contributed by atoms with van der Waals surface area (Å²) >= 11 is 3.44. The molecule has 1 heterocycles. The van der Waals surface area contributed by atoms with E-state index in [0.29, 0.717) is 13.2 Å². The van der Waals surface area contributed by atoms with Crippen LogP contribution in [0.1, 0.15) is 44.3 Å². The summed E-state index contributed by atoms with van der Waals surface area (Å²) in [5.74, 6) is 0.0749. The third kappa shape index (κ3) is 4.42. The second-order valence-corrected chi connectivity index (χ2v) is 7.79. The van der Waals surface area contributed by atoms with Gasteiger partial charge in [-0.3, -0.25) is 9.59 Å². The van der Waals surface area contributed by atoms with Gasteiger partial charge in [0.2, 0.25) is 11.8 Å². The molecule has 0 bridgehead atoms. The molecule has 0 radical (unpaired) electrons. The van der Waals surface area contributed by atoms with E-state index in [4.69, 9.17) is 4.74 Å². The van der Waals surface area contributed by atoms with E-state index in [9.17, 15) is 9.59 Å². The van der Waals surface area contributed by atoms with Crippen LogP contribution in [0.4, 0.5) is 0 Å². The van der Waals surface area contributed by atoms with Crippen molar-refractivity contribution in [3.05, 3.63) is 34.3 Å². The summed E-state index contributed by atoms with van der Waals surface area (Å²) < 4.78 is 6.92. The summed E-state index contributed by atoms with van der Waals surface area (Å²) in [7, 11) is 0. The normalized spacial score (nSPS) is 24.3. The fourth-order valence-electron chi connectivity index (χ4n) is 3.76. The molecule has 1 saturated heterocycles. The molecule has 136 valence electrons. The van der Waals surface area contributed by atoms with Gasteiger partial charge in [0, 0.05) is 16.9 Å². The number of amides is 2. The first-order chi connectivity index (χ1) is 12.1. The molecule has 2 aliphatic rings. The molecule has 2 amide bonds. The van der Waals surface area contributed by atoms with Crippen molar-refractivity contribution in [2.24, 2.45) is 5.92 Å². The van der Waals surface area contributed by atoms with Crippen LogP contribution < -0.4 is 5.32 Å². The van der Waals surface area contributed by atoms with Gasteiger partial charge in [-0.1, -0.05) is 40.9 Å². The first-order valence-electron chi connectivity index (χ1n) is 9.00. The van der Waals surface area contributed by atoms with Gasteiger partial charge in [-0.05, 0) is 37.5 Å². The zero-order chi connectivity index (χ0) is 17.8. The number of rotatable bonds is 4. The Morgan fingerprint density at radius 3 is 2.60 bits per heavy atom. The first-order valence-corrected chi connectivity index (χ1v) is 9.80. The van der Waals surface area contributed by atoms with Crippen LogP contribution >= 0.6 is 15.9 Å². The molecule has 1 aliphatic carbocycles. The average molecular weight is 409 g/mol. The lowest BCUT2D eigenvalue weighted by atomic mass is 10.0. The van der Waals surface area contributed by atoms with Crippen LogP contribution in [-0.4, -0.2) is 42.5 Å². The maximum Gasteiger partial charge on any atom is 0.242 e. The number of ether oxygens (including phenoxy) is 1. The van der Waals surface area contributed by atoms with Gasteiger partial charge in [-0.25, -0.2) is 0 Å². The minimum absolute atomic E-state index is 0.0243. The van der Waals surface area contributed by atoms with Crippen molar-refractivity contribution < 1.29 is 14.3 Å². The number of nitrogens with zero attached hydrogens (tertiary/aromatic N) is 1. The molecule has 6 heteroatoms. The number of halogens is 1. The Labute approximate surface area is 157 Å². The molecular formula is C19H25BrN2O3. The van der Waals surface area contributed by atoms with E-state index in [-0.39, 0.29) is 36.4 Å². The lowest BCUT2D eigenvalue weighted by Gasteiger charge is -2.39. The van der Waals surface area contributed by atoms with Gasteiger partial charge in [-0.15, -0.1) is 0 Å². The van der Waals surface area contributed by atoms with Crippen LogP contribution in [-0.2, 0) is 14.3 Å². The zero-order valence-electron chi connectivity index (χ0n) is 14.5. The fourth-order valence-corrected chi connectivity index (χ4v) is 4.02. The molecular weight excluding hydrogens is 384 g/mol. The number of carbonyl (C=O) groups excluding carboxylic acids is 2. The number of benzene rings is 1. The third-order valence-corrected chi connectivity index (χ3v) is 5.75. The third-order valence-electron chi connectivity index (χ3n) is 5.22. The molecule has 5 nitrogen and oxygen atoms in total. The van der Waals surface area contributed by atoms with Crippen LogP contribution in [0.3, 0.4) is 0 Å². The predicted molar refractivity (Wildman–Crippen MR) is 99.0 cm³/mol. The first kappa shape index (κ1) is 18.4. The Kier molecular flexibility index (Phi) is 6.12. The standard InChI is InChI=1S/C19H25BrN2O3/c1-13-18(14-6-8-16(20)9-7-14)25-11-10-22(13)17(23)12-21-19(24)15-4-2-3-5-15/h6-9,13,15,18H,2-5,10-12H2,1H3,(H,21,24)/t13-,18-/m1/s1. The quantitative estimate of drug-likeness (QED) is 0.832. The van der Waals surface area contributed by atoms with Crippen molar-refractivity contribution in [2.75, 3.05) is 19.7 Å². The van der Waals surface area contributed by atoms with Crippen molar-refractivity contribution >= 4 is 27.7 Å². The summed E-state index contributed by atoms with van der Waals surface area (Å²) in [5, 5.41) is 2.83. The molecule has 0 unspecified atom stereocenters. The van der Waals surface area contributed by atoms with Gasteiger partial charge in [0.25, 0.3) is 0 Å². The SMILES string of the molecule is C[C@@H]1[C@H](c2ccc(Br)cc2)OCCN1C(=O)CNC(=O)C1CCCC1. The Bertz CT molecular complexity index is 614. The van der Waals surface area contributed by atoms with Crippen molar-refractivity contribution in [1.82, 2.24) is 10.2 Å². The van der Waals surface area contributed by atoms with Gasteiger partial charge < -0.3 is 15.0 Å². The van der Waals surface area contributed by atoms with Crippen molar-refractivity contribution in [3.63, 3.8) is 0 Å². The summed E-state index contributed by atoms with van der Waals surface area (Å²) in [5.41, 5.74) is 1.06.